The van der Waals surface area contributed by atoms with Crippen LogP contribution in [0.5, 0.6) is 0 Å². The van der Waals surface area contributed by atoms with Gasteiger partial charge in [-0.3, -0.25) is 9.59 Å². The molecule has 0 bridgehead atoms. The fourth-order valence-corrected chi connectivity index (χ4v) is 12.6. The molecular weight excluding hydrogens is 785 g/mol. The Kier molecular flexibility index (Phi) is 17.2. The van der Waals surface area contributed by atoms with Crippen LogP contribution in [0.15, 0.2) is 0 Å². The van der Waals surface area contributed by atoms with E-state index in [0.717, 1.165) is 0 Å². The van der Waals surface area contributed by atoms with Crippen molar-refractivity contribution >= 4 is 61.8 Å². The molecule has 0 N–H and O–H groups in total. The number of rotatable bonds is 18. The van der Waals surface area contributed by atoms with Gasteiger partial charge >= 0.3 is 11.9 Å². The van der Waals surface area contributed by atoms with Gasteiger partial charge in [0.15, 0.2) is 56.2 Å². The molecule has 0 aliphatic carbocycles. The Morgan fingerprint density at radius 3 is 1.06 bits per heavy atom. The van der Waals surface area contributed by atoms with Crippen molar-refractivity contribution in [1.29, 1.82) is 0 Å². The summed E-state index contributed by atoms with van der Waals surface area (Å²) in [6.45, 7) is 40.6. The molecule has 0 aromatic heterocycles. The summed E-state index contributed by atoms with van der Waals surface area (Å²) in [5, 5.41) is 0. The van der Waals surface area contributed by atoms with Crippen molar-refractivity contribution in [3.63, 3.8) is 0 Å². The third-order valence-electron chi connectivity index (χ3n) is 7.28. The number of carbonyl (C=O) groups is 2. The van der Waals surface area contributed by atoms with Gasteiger partial charge in [0.05, 0.1) is 6.61 Å². The molecule has 10 atom stereocenters. The lowest BCUT2D eigenvalue weighted by Gasteiger charge is -2.52. The average molecular weight is 859 g/mol. The summed E-state index contributed by atoms with van der Waals surface area (Å²) >= 11 is 0. The van der Waals surface area contributed by atoms with E-state index in [1.807, 2.05) is 0 Å². The van der Waals surface area contributed by atoms with Crippen LogP contribution in [0.3, 0.4) is 0 Å². The lowest BCUT2D eigenvalue weighted by molar-refractivity contribution is -0.318. The fourth-order valence-electron chi connectivity index (χ4n) is 6.06. The zero-order valence-corrected chi connectivity index (χ0v) is 42.5. The monoisotopic (exact) mass is 858 g/mol. The van der Waals surface area contributed by atoms with Crippen LogP contribution in [-0.4, -0.2) is 136 Å². The quantitative estimate of drug-likeness (QED) is 0.105. The smallest absolute Gasteiger partial charge is 0.305 e. The first kappa shape index (κ1) is 49.0. The topological polar surface area (TPSA) is 136 Å². The highest BCUT2D eigenvalue weighted by molar-refractivity contribution is 6.71. The normalized spacial score (nSPS) is 30.9. The molecule has 0 saturated carbocycles. The van der Waals surface area contributed by atoms with Gasteiger partial charge in [-0.1, -0.05) is 0 Å². The predicted molar refractivity (Wildman–Crippen MR) is 221 cm³/mol. The minimum atomic E-state index is -2.25. The molecule has 2 saturated heterocycles. The summed E-state index contributed by atoms with van der Waals surface area (Å²) in [5.74, 6) is -0.926. The van der Waals surface area contributed by atoms with E-state index < -0.39 is 123 Å². The van der Waals surface area contributed by atoms with Crippen molar-refractivity contribution in [3.05, 3.63) is 0 Å². The van der Waals surface area contributed by atoms with Crippen molar-refractivity contribution in [3.8, 4) is 0 Å². The molecule has 2 fully saturated rings. The minimum Gasteiger partial charge on any atom is -0.463 e. The van der Waals surface area contributed by atoms with Gasteiger partial charge in [0, 0.05) is 13.8 Å². The number of hydrogen-bond acceptors (Lipinski definition) is 13. The van der Waals surface area contributed by atoms with Crippen molar-refractivity contribution in [2.75, 3.05) is 13.2 Å². The molecule has 0 spiro atoms. The lowest BCUT2D eigenvalue weighted by Crippen LogP contribution is -2.68. The maximum Gasteiger partial charge on any atom is 0.305 e. The molecule has 19 heteroatoms. The molecule has 312 valence electrons. The van der Waals surface area contributed by atoms with E-state index in [1.54, 1.807) is 0 Å². The highest BCUT2D eigenvalue weighted by atomic mass is 28.4. The van der Waals surface area contributed by atoms with Gasteiger partial charge in [-0.15, -0.1) is 0 Å². The highest BCUT2D eigenvalue weighted by Gasteiger charge is 2.55. The van der Waals surface area contributed by atoms with Gasteiger partial charge in [-0.05, 0) is 118 Å². The molecule has 0 amide bonds. The first-order valence-electron chi connectivity index (χ1n) is 18.9. The van der Waals surface area contributed by atoms with E-state index in [2.05, 4.69) is 118 Å². The molecule has 0 aromatic rings. The zero-order valence-electron chi connectivity index (χ0n) is 36.5. The van der Waals surface area contributed by atoms with E-state index >= 15 is 0 Å². The van der Waals surface area contributed by atoms with Crippen LogP contribution in [0.4, 0.5) is 0 Å². The van der Waals surface area contributed by atoms with E-state index in [0.29, 0.717) is 0 Å². The van der Waals surface area contributed by atoms with E-state index in [9.17, 15) is 9.59 Å². The summed E-state index contributed by atoms with van der Waals surface area (Å²) in [4.78, 5) is 24.6. The third kappa shape index (κ3) is 18.3. The number of hydrogen-bond donors (Lipinski definition) is 0. The van der Waals surface area contributed by atoms with Crippen molar-refractivity contribution in [2.45, 2.75) is 193 Å². The van der Waals surface area contributed by atoms with Crippen molar-refractivity contribution in [1.82, 2.24) is 0 Å². The molecule has 6 unspecified atom stereocenters. The third-order valence-corrected chi connectivity index (χ3v) is 13.2. The molecular formula is C34H74O13Si6. The van der Waals surface area contributed by atoms with E-state index in [-0.39, 0.29) is 13.2 Å². The molecule has 2 heterocycles. The molecule has 53 heavy (non-hydrogen) atoms. The minimum absolute atomic E-state index is 0.0200. The number of ether oxygens (including phenoxy) is 5. The maximum absolute atomic E-state index is 12.5. The van der Waals surface area contributed by atoms with Gasteiger partial charge in [-0.25, -0.2) is 0 Å². The molecule has 0 radical (unpaired) electrons. The summed E-state index contributed by atoms with van der Waals surface area (Å²) in [5.41, 5.74) is 0. The first-order chi connectivity index (χ1) is 23.6. The number of carbonyl (C=O) groups excluding carboxylic acids is 2. The second kappa shape index (κ2) is 18.6. The standard InChI is InChI=1S/C34H74O13Si6/c1-23(35)37-21-25-27(42-48(3,4)5)29(44-50(9,10)11)31(46-52(15,16)17)33(40-25)38-22-26-28(43-49(6,7)8)30(45-51(12,13)14)32(47-53(18,19)20)34(41-26)39-24(2)36/h25-34H,21-22H2,1-20H3/t25?,26?,27-,28+,29?,30?,31?,32-,33-,34?/m0/s1. The Hall–Kier alpha value is -0.119. The van der Waals surface area contributed by atoms with E-state index in [4.69, 9.17) is 50.2 Å². The van der Waals surface area contributed by atoms with Gasteiger partial charge in [-0.2, -0.15) is 0 Å². The lowest BCUT2D eigenvalue weighted by atomic mass is 9.98. The maximum atomic E-state index is 12.5. The van der Waals surface area contributed by atoms with Crippen LogP contribution in [0.1, 0.15) is 13.8 Å². The number of esters is 2. The summed E-state index contributed by atoms with van der Waals surface area (Å²) in [6.07, 6.45) is -7.24. The Morgan fingerprint density at radius 2 is 0.717 bits per heavy atom. The van der Waals surface area contributed by atoms with Crippen molar-refractivity contribution < 1.29 is 59.8 Å². The Balaban J connectivity index is 2.72. The van der Waals surface area contributed by atoms with Gasteiger partial charge in [0.2, 0.25) is 6.29 Å². The van der Waals surface area contributed by atoms with Crippen LogP contribution < -0.4 is 0 Å². The van der Waals surface area contributed by atoms with Crippen LogP contribution in [-0.2, 0) is 59.8 Å². The van der Waals surface area contributed by atoms with Gasteiger partial charge < -0.3 is 50.2 Å². The fraction of sp³-hybridized carbons (Fsp3) is 0.941. The predicted octanol–water partition coefficient (Wildman–Crippen LogP) is 6.90. The van der Waals surface area contributed by atoms with Crippen LogP contribution >= 0.6 is 0 Å². The second-order valence-electron chi connectivity index (χ2n) is 20.0. The van der Waals surface area contributed by atoms with Gasteiger partial charge in [0.25, 0.3) is 0 Å². The molecule has 13 nitrogen and oxygen atoms in total. The molecule has 2 aliphatic rings. The van der Waals surface area contributed by atoms with Crippen LogP contribution in [0, 0.1) is 0 Å². The Bertz CT molecular complexity index is 1190. The summed E-state index contributed by atoms with van der Waals surface area (Å²) in [6, 6.07) is 0. The highest BCUT2D eigenvalue weighted by Crippen LogP contribution is 2.37. The average Bonchev–Trinajstić information content (AvgIpc) is 2.88. The zero-order chi connectivity index (χ0) is 41.1. The Morgan fingerprint density at radius 1 is 0.415 bits per heavy atom. The molecule has 2 rings (SSSR count). The SMILES string of the molecule is CC(=O)OCC1O[C@H](OCC2OC(OC(C)=O)[C@@H](O[Si](C)(C)C)C(O[Si](C)(C)C)[C@@H]2O[Si](C)(C)C)C(O[Si](C)(C)C)C(O[Si](C)(C)C)[C@H]1O[Si](C)(C)C. The summed E-state index contributed by atoms with van der Waals surface area (Å²) in [7, 11) is -13.3. The Labute approximate surface area is 326 Å². The summed E-state index contributed by atoms with van der Waals surface area (Å²) < 4.78 is 72.7. The first-order valence-corrected chi connectivity index (χ1v) is 39.4. The molecule has 0 aromatic carbocycles. The second-order valence-corrected chi connectivity index (χ2v) is 46.8. The van der Waals surface area contributed by atoms with Gasteiger partial charge in [0.1, 0.15) is 55.4 Å². The van der Waals surface area contributed by atoms with Crippen molar-refractivity contribution in [2.24, 2.45) is 0 Å². The molecule has 2 aliphatic heterocycles. The van der Waals surface area contributed by atoms with Crippen LogP contribution in [0.2, 0.25) is 118 Å². The van der Waals surface area contributed by atoms with E-state index in [1.165, 1.54) is 13.8 Å². The largest absolute Gasteiger partial charge is 0.463 e. The van der Waals surface area contributed by atoms with Crippen LogP contribution in [0.25, 0.3) is 0 Å².